The zero-order valence-corrected chi connectivity index (χ0v) is 8.99. The highest BCUT2D eigenvalue weighted by atomic mass is 16.5. The largest absolute Gasteiger partial charge is 0.494 e. The maximum Gasteiger partial charge on any atom is 0.128 e. The molecule has 1 aliphatic rings. The molecule has 3 nitrogen and oxygen atoms in total. The highest BCUT2D eigenvalue weighted by molar-refractivity contribution is 5.99. The molecule has 1 aromatic carbocycles. The first-order valence-electron chi connectivity index (χ1n) is 5.41. The Balaban J connectivity index is 2.12. The zero-order valence-electron chi connectivity index (χ0n) is 8.99. The molecule has 15 heavy (non-hydrogen) atoms. The Labute approximate surface area is 90.2 Å². The van der Waals surface area contributed by atoms with Gasteiger partial charge in [0.1, 0.15) is 11.6 Å². The van der Waals surface area contributed by atoms with E-state index in [1.54, 1.807) is 0 Å². The molecule has 0 aromatic heterocycles. The molecule has 1 aromatic rings. The second kappa shape index (κ2) is 4.82. The Morgan fingerprint density at radius 2 is 2.13 bits per heavy atom. The number of ether oxygens (including phenoxy) is 1. The molecule has 80 valence electrons. The van der Waals surface area contributed by atoms with Crippen molar-refractivity contribution < 1.29 is 4.74 Å². The van der Waals surface area contributed by atoms with Crippen molar-refractivity contribution in [2.45, 2.75) is 13.3 Å². The van der Waals surface area contributed by atoms with Crippen LogP contribution in [0.1, 0.15) is 18.9 Å². The van der Waals surface area contributed by atoms with Crippen molar-refractivity contribution >= 4 is 5.84 Å². The number of nitrogens with zero attached hydrogens (tertiary/aromatic N) is 1. The number of rotatable bonds is 3. The van der Waals surface area contributed by atoms with E-state index in [-0.39, 0.29) is 0 Å². The van der Waals surface area contributed by atoms with Gasteiger partial charge in [-0.2, -0.15) is 0 Å². The van der Waals surface area contributed by atoms with E-state index < -0.39 is 0 Å². The fraction of sp³-hybridized carbons (Fsp3) is 0.417. The van der Waals surface area contributed by atoms with Crippen LogP contribution in [0.4, 0.5) is 0 Å². The lowest BCUT2D eigenvalue weighted by molar-refractivity contribution is 0.340. The summed E-state index contributed by atoms with van der Waals surface area (Å²) >= 11 is 0. The molecule has 0 radical (unpaired) electrons. The third-order valence-corrected chi connectivity index (χ3v) is 2.34. The van der Waals surface area contributed by atoms with Crippen molar-refractivity contribution in [3.05, 3.63) is 29.8 Å². The molecule has 0 bridgehead atoms. The predicted molar refractivity (Wildman–Crippen MR) is 61.6 cm³/mol. The number of nitrogens with one attached hydrogen (secondary N) is 1. The van der Waals surface area contributed by atoms with Gasteiger partial charge >= 0.3 is 0 Å². The standard InChI is InChI=1S/C12H16N2O/c1-2-15-11-6-4-10(5-7-11)12-13-8-3-9-14-12/h4-7H,2-3,8-9H2,1H3,(H,13,14). The summed E-state index contributed by atoms with van der Waals surface area (Å²) in [6.45, 7) is 4.64. The monoisotopic (exact) mass is 204 g/mol. The maximum atomic E-state index is 5.39. The van der Waals surface area contributed by atoms with Gasteiger partial charge in [0, 0.05) is 18.7 Å². The van der Waals surface area contributed by atoms with Crippen LogP contribution in [-0.4, -0.2) is 25.5 Å². The second-order valence-corrected chi connectivity index (χ2v) is 3.47. The van der Waals surface area contributed by atoms with Gasteiger partial charge in [-0.3, -0.25) is 4.99 Å². The summed E-state index contributed by atoms with van der Waals surface area (Å²) in [7, 11) is 0. The maximum absolute atomic E-state index is 5.39. The lowest BCUT2D eigenvalue weighted by Gasteiger charge is -2.14. The van der Waals surface area contributed by atoms with Gasteiger partial charge in [-0.25, -0.2) is 0 Å². The van der Waals surface area contributed by atoms with Gasteiger partial charge in [-0.05, 0) is 37.6 Å². The van der Waals surface area contributed by atoms with E-state index in [4.69, 9.17) is 4.74 Å². The van der Waals surface area contributed by atoms with Gasteiger partial charge in [0.05, 0.1) is 6.61 Å². The molecule has 0 atom stereocenters. The number of hydrogen-bond donors (Lipinski definition) is 1. The molecular formula is C12H16N2O. The summed E-state index contributed by atoms with van der Waals surface area (Å²) in [5.41, 5.74) is 1.14. The topological polar surface area (TPSA) is 33.6 Å². The van der Waals surface area contributed by atoms with Crippen LogP contribution in [0.15, 0.2) is 29.3 Å². The first-order valence-corrected chi connectivity index (χ1v) is 5.41. The van der Waals surface area contributed by atoms with Gasteiger partial charge in [-0.15, -0.1) is 0 Å². The van der Waals surface area contributed by atoms with E-state index in [0.717, 1.165) is 36.7 Å². The highest BCUT2D eigenvalue weighted by Crippen LogP contribution is 2.12. The molecule has 0 amide bonds. The molecule has 1 N–H and O–H groups in total. The van der Waals surface area contributed by atoms with E-state index in [1.807, 2.05) is 31.2 Å². The molecular weight excluding hydrogens is 188 g/mol. The lowest BCUT2D eigenvalue weighted by Crippen LogP contribution is -2.30. The normalized spacial score (nSPS) is 15.4. The van der Waals surface area contributed by atoms with Gasteiger partial charge in [0.15, 0.2) is 0 Å². The lowest BCUT2D eigenvalue weighted by atomic mass is 10.2. The number of benzene rings is 1. The summed E-state index contributed by atoms with van der Waals surface area (Å²) in [4.78, 5) is 4.44. The van der Waals surface area contributed by atoms with Crippen molar-refractivity contribution in [1.82, 2.24) is 5.32 Å². The molecule has 0 saturated carbocycles. The minimum atomic E-state index is 0.707. The predicted octanol–water partition coefficient (Wildman–Crippen LogP) is 1.83. The van der Waals surface area contributed by atoms with E-state index in [9.17, 15) is 0 Å². The third kappa shape index (κ3) is 2.49. The van der Waals surface area contributed by atoms with Gasteiger partial charge in [-0.1, -0.05) is 0 Å². The second-order valence-electron chi connectivity index (χ2n) is 3.47. The van der Waals surface area contributed by atoms with E-state index in [0.29, 0.717) is 6.61 Å². The molecule has 0 fully saturated rings. The van der Waals surface area contributed by atoms with Gasteiger partial charge in [0.25, 0.3) is 0 Å². The number of aliphatic imine (C=N–C) groups is 1. The number of amidine groups is 1. The van der Waals surface area contributed by atoms with Crippen molar-refractivity contribution in [2.24, 2.45) is 4.99 Å². The smallest absolute Gasteiger partial charge is 0.128 e. The first kappa shape index (κ1) is 10.0. The Hall–Kier alpha value is -1.51. The quantitative estimate of drug-likeness (QED) is 0.815. The van der Waals surface area contributed by atoms with Crippen molar-refractivity contribution in [3.63, 3.8) is 0 Å². The fourth-order valence-electron chi connectivity index (χ4n) is 1.60. The van der Waals surface area contributed by atoms with Crippen molar-refractivity contribution in [2.75, 3.05) is 19.7 Å². The van der Waals surface area contributed by atoms with Crippen LogP contribution >= 0.6 is 0 Å². The molecule has 3 heteroatoms. The average molecular weight is 204 g/mol. The summed E-state index contributed by atoms with van der Waals surface area (Å²) < 4.78 is 5.39. The Morgan fingerprint density at radius 3 is 2.73 bits per heavy atom. The Morgan fingerprint density at radius 1 is 1.33 bits per heavy atom. The molecule has 0 saturated heterocycles. The van der Waals surface area contributed by atoms with Crippen molar-refractivity contribution in [3.8, 4) is 5.75 Å². The van der Waals surface area contributed by atoms with E-state index >= 15 is 0 Å². The SMILES string of the molecule is CCOc1ccc(C2=NCCCN2)cc1. The summed E-state index contributed by atoms with van der Waals surface area (Å²) in [5, 5.41) is 3.30. The van der Waals surface area contributed by atoms with Crippen LogP contribution in [0.25, 0.3) is 0 Å². The molecule has 2 rings (SSSR count). The molecule has 0 unspecified atom stereocenters. The molecule has 1 aliphatic heterocycles. The fourth-order valence-corrected chi connectivity index (χ4v) is 1.60. The zero-order chi connectivity index (χ0) is 10.5. The van der Waals surface area contributed by atoms with E-state index in [2.05, 4.69) is 10.3 Å². The van der Waals surface area contributed by atoms with Gasteiger partial charge in [0.2, 0.25) is 0 Å². The van der Waals surface area contributed by atoms with Crippen LogP contribution in [-0.2, 0) is 0 Å². The van der Waals surface area contributed by atoms with Crippen LogP contribution in [0.2, 0.25) is 0 Å². The molecule has 0 spiro atoms. The average Bonchev–Trinajstić information content (AvgIpc) is 2.32. The van der Waals surface area contributed by atoms with Crippen LogP contribution in [0.3, 0.4) is 0 Å². The van der Waals surface area contributed by atoms with Crippen LogP contribution in [0.5, 0.6) is 5.75 Å². The number of hydrogen-bond acceptors (Lipinski definition) is 3. The Bertz CT molecular complexity index is 343. The van der Waals surface area contributed by atoms with Gasteiger partial charge < -0.3 is 10.1 Å². The first-order chi connectivity index (χ1) is 7.40. The third-order valence-electron chi connectivity index (χ3n) is 2.34. The van der Waals surface area contributed by atoms with Crippen LogP contribution in [0, 0.1) is 0 Å². The summed E-state index contributed by atoms with van der Waals surface area (Å²) in [6.07, 6.45) is 1.13. The van der Waals surface area contributed by atoms with Crippen molar-refractivity contribution in [1.29, 1.82) is 0 Å². The molecule has 0 aliphatic carbocycles. The minimum absolute atomic E-state index is 0.707. The minimum Gasteiger partial charge on any atom is -0.494 e. The summed E-state index contributed by atoms with van der Waals surface area (Å²) in [5.74, 6) is 1.92. The highest BCUT2D eigenvalue weighted by Gasteiger charge is 2.06. The Kier molecular flexibility index (Phi) is 3.22. The van der Waals surface area contributed by atoms with E-state index in [1.165, 1.54) is 0 Å². The molecule has 1 heterocycles. The van der Waals surface area contributed by atoms with Crippen LogP contribution < -0.4 is 10.1 Å². The summed E-state index contributed by atoms with van der Waals surface area (Å²) in [6, 6.07) is 8.06.